The summed E-state index contributed by atoms with van der Waals surface area (Å²) in [4.78, 5) is 16.9. The highest BCUT2D eigenvalue weighted by Crippen LogP contribution is 2.16. The molecular weight excluding hydrogens is 238 g/mol. The lowest BCUT2D eigenvalue weighted by atomic mass is 10.3. The van der Waals surface area contributed by atoms with Gasteiger partial charge >= 0.3 is 0 Å². The van der Waals surface area contributed by atoms with Gasteiger partial charge in [-0.2, -0.15) is 0 Å². The second kappa shape index (κ2) is 4.85. The molecule has 0 bridgehead atoms. The van der Waals surface area contributed by atoms with Crippen LogP contribution in [0, 0.1) is 6.92 Å². The van der Waals surface area contributed by atoms with E-state index < -0.39 is 0 Å². The summed E-state index contributed by atoms with van der Waals surface area (Å²) < 4.78 is 1.93. The number of hydrogen-bond donors (Lipinski definition) is 2. The van der Waals surface area contributed by atoms with E-state index in [4.69, 9.17) is 5.11 Å². The molecule has 0 aliphatic heterocycles. The average Bonchev–Trinajstić information content (AvgIpc) is 2.79. The molecule has 1 atom stereocenters. The summed E-state index contributed by atoms with van der Waals surface area (Å²) in [7, 11) is 0. The lowest BCUT2D eigenvalue weighted by Crippen LogP contribution is -2.36. The van der Waals surface area contributed by atoms with Crippen molar-refractivity contribution in [3.05, 3.63) is 23.0 Å². The predicted octanol–water partition coefficient (Wildman–Crippen LogP) is 0.744. The van der Waals surface area contributed by atoms with Crippen molar-refractivity contribution in [2.75, 3.05) is 6.61 Å². The van der Waals surface area contributed by atoms with Crippen molar-refractivity contribution in [2.24, 2.45) is 0 Å². The van der Waals surface area contributed by atoms with Crippen LogP contribution in [0.5, 0.6) is 0 Å². The van der Waals surface area contributed by atoms with E-state index in [1.54, 1.807) is 6.92 Å². The van der Waals surface area contributed by atoms with Crippen LogP contribution >= 0.6 is 11.3 Å². The molecular formula is C11H15N3O2S. The number of aliphatic hydroxyl groups is 1. The molecule has 0 spiro atoms. The van der Waals surface area contributed by atoms with Crippen molar-refractivity contribution in [3.8, 4) is 0 Å². The van der Waals surface area contributed by atoms with Crippen LogP contribution in [-0.2, 0) is 11.2 Å². The highest BCUT2D eigenvalue weighted by molar-refractivity contribution is 7.15. The Hall–Kier alpha value is -1.40. The molecule has 2 N–H and O–H groups in total. The van der Waals surface area contributed by atoms with Crippen LogP contribution in [0.15, 0.2) is 11.6 Å². The number of rotatable bonds is 4. The predicted molar refractivity (Wildman–Crippen MR) is 66.2 cm³/mol. The highest BCUT2D eigenvalue weighted by atomic mass is 32.1. The van der Waals surface area contributed by atoms with Crippen LogP contribution in [0.25, 0.3) is 4.96 Å². The molecule has 2 aromatic heterocycles. The van der Waals surface area contributed by atoms with E-state index in [0.717, 1.165) is 16.3 Å². The number of thiazole rings is 1. The molecule has 1 amide bonds. The molecule has 0 aromatic carbocycles. The number of hydrogen-bond acceptors (Lipinski definition) is 4. The van der Waals surface area contributed by atoms with Crippen molar-refractivity contribution in [1.82, 2.24) is 14.7 Å². The average molecular weight is 253 g/mol. The first-order chi connectivity index (χ1) is 8.10. The molecule has 0 aliphatic rings. The number of carbonyl (C=O) groups excluding carboxylic acids is 1. The number of amides is 1. The Morgan fingerprint density at radius 1 is 1.71 bits per heavy atom. The Balaban J connectivity index is 2.10. The maximum Gasteiger partial charge on any atom is 0.226 e. The zero-order chi connectivity index (χ0) is 12.4. The minimum absolute atomic E-state index is 0.0467. The van der Waals surface area contributed by atoms with Crippen molar-refractivity contribution >= 4 is 22.2 Å². The topological polar surface area (TPSA) is 66.6 Å². The fourth-order valence-corrected chi connectivity index (χ4v) is 2.52. The largest absolute Gasteiger partial charge is 0.394 e. The summed E-state index contributed by atoms with van der Waals surface area (Å²) in [6.07, 6.45) is 2.23. The second-order valence-electron chi connectivity index (χ2n) is 4.09. The number of nitrogens with one attached hydrogen (secondary N) is 1. The molecule has 6 heteroatoms. The minimum atomic E-state index is -0.207. The van der Waals surface area contributed by atoms with Crippen LogP contribution in [0.1, 0.15) is 18.3 Å². The van der Waals surface area contributed by atoms with Gasteiger partial charge in [-0.25, -0.2) is 4.98 Å². The summed E-state index contributed by atoms with van der Waals surface area (Å²) in [5, 5.41) is 13.5. The molecule has 2 heterocycles. The Labute approximate surface area is 103 Å². The van der Waals surface area contributed by atoms with Gasteiger partial charge in [-0.1, -0.05) is 0 Å². The summed E-state index contributed by atoms with van der Waals surface area (Å²) in [5.74, 6) is -0.0856. The van der Waals surface area contributed by atoms with Crippen molar-refractivity contribution < 1.29 is 9.90 Å². The smallest absolute Gasteiger partial charge is 0.226 e. The van der Waals surface area contributed by atoms with E-state index in [0.29, 0.717) is 6.42 Å². The number of carbonyl (C=O) groups is 1. The molecule has 2 aromatic rings. The van der Waals surface area contributed by atoms with Gasteiger partial charge in [0.25, 0.3) is 0 Å². The van der Waals surface area contributed by atoms with Gasteiger partial charge in [0.2, 0.25) is 5.91 Å². The molecule has 0 unspecified atom stereocenters. The Kier molecular flexibility index (Phi) is 3.44. The lowest BCUT2D eigenvalue weighted by Gasteiger charge is -2.09. The van der Waals surface area contributed by atoms with Gasteiger partial charge in [-0.05, 0) is 13.8 Å². The lowest BCUT2D eigenvalue weighted by molar-refractivity contribution is -0.121. The Bertz CT molecular complexity index is 532. The third-order valence-corrected chi connectivity index (χ3v) is 3.32. The van der Waals surface area contributed by atoms with Crippen LogP contribution in [-0.4, -0.2) is 33.0 Å². The third-order valence-electron chi connectivity index (χ3n) is 2.43. The number of aromatic nitrogens is 2. The molecule has 92 valence electrons. The van der Waals surface area contributed by atoms with Gasteiger partial charge in [0.15, 0.2) is 4.96 Å². The number of fused-ring (bicyclic) bond motifs is 1. The first kappa shape index (κ1) is 12.1. The van der Waals surface area contributed by atoms with E-state index in [2.05, 4.69) is 10.3 Å². The Morgan fingerprint density at radius 2 is 2.47 bits per heavy atom. The standard InChI is InChI=1S/C11H15N3O2S/c1-7-4-14-9(6-17-11(14)13-7)3-10(16)12-8(2)5-15/h4,6,8,15H,3,5H2,1-2H3,(H,12,16)/t8-/m0/s1. The van der Waals surface area contributed by atoms with Gasteiger partial charge in [0.05, 0.1) is 18.7 Å². The number of imidazole rings is 1. The van der Waals surface area contributed by atoms with Crippen molar-refractivity contribution in [3.63, 3.8) is 0 Å². The van der Waals surface area contributed by atoms with E-state index in [1.807, 2.05) is 22.9 Å². The summed E-state index contributed by atoms with van der Waals surface area (Å²) in [6.45, 7) is 3.65. The fourth-order valence-electron chi connectivity index (χ4n) is 1.60. The maximum atomic E-state index is 11.7. The molecule has 0 saturated carbocycles. The van der Waals surface area contributed by atoms with Crippen LogP contribution in [0.2, 0.25) is 0 Å². The van der Waals surface area contributed by atoms with Crippen LogP contribution in [0.3, 0.4) is 0 Å². The first-order valence-electron chi connectivity index (χ1n) is 5.42. The second-order valence-corrected chi connectivity index (χ2v) is 4.93. The van der Waals surface area contributed by atoms with Gasteiger partial charge in [0.1, 0.15) is 0 Å². The van der Waals surface area contributed by atoms with E-state index in [9.17, 15) is 4.79 Å². The minimum Gasteiger partial charge on any atom is -0.394 e. The van der Waals surface area contributed by atoms with Crippen LogP contribution < -0.4 is 5.32 Å². The summed E-state index contributed by atoms with van der Waals surface area (Å²) in [5.41, 5.74) is 1.87. The SMILES string of the molecule is Cc1cn2c(CC(=O)N[C@@H](C)CO)csc2n1. The van der Waals surface area contributed by atoms with E-state index in [-0.39, 0.29) is 18.6 Å². The fraction of sp³-hybridized carbons (Fsp3) is 0.455. The molecule has 2 rings (SSSR count). The molecule has 5 nitrogen and oxygen atoms in total. The quantitative estimate of drug-likeness (QED) is 0.844. The van der Waals surface area contributed by atoms with Crippen molar-refractivity contribution in [1.29, 1.82) is 0 Å². The highest BCUT2D eigenvalue weighted by Gasteiger charge is 2.11. The summed E-state index contributed by atoms with van der Waals surface area (Å²) in [6, 6.07) is -0.207. The maximum absolute atomic E-state index is 11.7. The third kappa shape index (κ3) is 2.65. The molecule has 0 saturated heterocycles. The zero-order valence-corrected chi connectivity index (χ0v) is 10.6. The molecule has 0 fully saturated rings. The molecule has 0 radical (unpaired) electrons. The van der Waals surface area contributed by atoms with E-state index in [1.165, 1.54) is 11.3 Å². The van der Waals surface area contributed by atoms with Gasteiger partial charge < -0.3 is 10.4 Å². The number of aliphatic hydroxyl groups excluding tert-OH is 1. The Morgan fingerprint density at radius 3 is 3.18 bits per heavy atom. The first-order valence-corrected chi connectivity index (χ1v) is 6.30. The van der Waals surface area contributed by atoms with E-state index >= 15 is 0 Å². The van der Waals surface area contributed by atoms with Gasteiger partial charge in [0, 0.05) is 23.3 Å². The zero-order valence-electron chi connectivity index (χ0n) is 9.80. The normalized spacial score (nSPS) is 12.9. The van der Waals surface area contributed by atoms with Crippen molar-refractivity contribution in [2.45, 2.75) is 26.3 Å². The number of aryl methyl sites for hydroxylation is 1. The molecule has 17 heavy (non-hydrogen) atoms. The van der Waals surface area contributed by atoms with Crippen LogP contribution in [0.4, 0.5) is 0 Å². The monoisotopic (exact) mass is 253 g/mol. The van der Waals surface area contributed by atoms with Gasteiger partial charge in [-0.3, -0.25) is 9.20 Å². The number of nitrogens with zero attached hydrogens (tertiary/aromatic N) is 2. The summed E-state index contributed by atoms with van der Waals surface area (Å²) >= 11 is 1.52. The molecule has 0 aliphatic carbocycles. The van der Waals surface area contributed by atoms with Gasteiger partial charge in [-0.15, -0.1) is 11.3 Å².